The number of carbonyl (C=O) groups is 1. The molecule has 0 unspecified atom stereocenters. The number of H-pyrrole nitrogens is 1. The standard InChI is InChI=1S/C24H28N4OS/c1-12(2)19-20-15(5)22(16-6-8-17(29)9-7-16)30-24(20)27-21(19)18-10-28-23(25-11-26-28)14(4)13(18)3/h10-12,16,27H,6-9H2,1-5H3. The molecule has 0 aliphatic heterocycles. The first kappa shape index (κ1) is 19.5. The van der Waals surface area contributed by atoms with E-state index in [2.05, 4.69) is 55.9 Å². The predicted molar refractivity (Wildman–Crippen MR) is 123 cm³/mol. The van der Waals surface area contributed by atoms with Crippen molar-refractivity contribution in [3.8, 4) is 11.3 Å². The molecule has 0 radical (unpaired) electrons. The Kier molecular flexibility index (Phi) is 4.58. The molecule has 6 heteroatoms. The van der Waals surface area contributed by atoms with Gasteiger partial charge >= 0.3 is 0 Å². The zero-order chi connectivity index (χ0) is 21.2. The molecule has 1 aliphatic rings. The Balaban J connectivity index is 1.70. The number of aromatic nitrogens is 4. The van der Waals surface area contributed by atoms with Crippen LogP contribution in [0.5, 0.6) is 0 Å². The average Bonchev–Trinajstić information content (AvgIpc) is 3.40. The molecular formula is C24H28N4OS. The van der Waals surface area contributed by atoms with Crippen molar-refractivity contribution in [3.63, 3.8) is 0 Å². The summed E-state index contributed by atoms with van der Waals surface area (Å²) in [5.41, 5.74) is 8.52. The fraction of sp³-hybridized carbons (Fsp3) is 0.458. The summed E-state index contributed by atoms with van der Waals surface area (Å²) in [6, 6.07) is 0. The minimum absolute atomic E-state index is 0.397. The molecule has 5 nitrogen and oxygen atoms in total. The summed E-state index contributed by atoms with van der Waals surface area (Å²) in [6.07, 6.45) is 7.17. The van der Waals surface area contributed by atoms with Crippen LogP contribution in [0.1, 0.15) is 78.5 Å². The molecule has 0 bridgehead atoms. The highest BCUT2D eigenvalue weighted by Crippen LogP contribution is 2.47. The van der Waals surface area contributed by atoms with Gasteiger partial charge in [-0.15, -0.1) is 11.3 Å². The van der Waals surface area contributed by atoms with Crippen molar-refractivity contribution in [2.24, 2.45) is 0 Å². The molecule has 1 aliphatic carbocycles. The van der Waals surface area contributed by atoms with E-state index in [9.17, 15) is 4.79 Å². The molecule has 4 aromatic heterocycles. The summed E-state index contributed by atoms with van der Waals surface area (Å²) in [6.45, 7) is 11.1. The van der Waals surface area contributed by atoms with Gasteiger partial charge in [-0.1, -0.05) is 13.8 Å². The quantitative estimate of drug-likeness (QED) is 0.428. The molecule has 5 rings (SSSR count). The van der Waals surface area contributed by atoms with Crippen LogP contribution >= 0.6 is 11.3 Å². The molecule has 1 N–H and O–H groups in total. The lowest BCUT2D eigenvalue weighted by molar-refractivity contribution is -0.120. The Morgan fingerprint density at radius 2 is 1.87 bits per heavy atom. The van der Waals surface area contributed by atoms with E-state index >= 15 is 0 Å². The van der Waals surface area contributed by atoms with Crippen molar-refractivity contribution in [2.45, 2.75) is 72.1 Å². The second-order valence-corrected chi connectivity index (χ2v) is 10.0. The lowest BCUT2D eigenvalue weighted by atomic mass is 9.85. The Labute approximate surface area is 180 Å². The van der Waals surface area contributed by atoms with Crippen molar-refractivity contribution in [1.82, 2.24) is 19.6 Å². The number of pyridine rings is 1. The molecule has 156 valence electrons. The second-order valence-electron chi connectivity index (χ2n) is 9.00. The van der Waals surface area contributed by atoms with E-state index in [0.717, 1.165) is 31.3 Å². The van der Waals surface area contributed by atoms with Gasteiger partial charge in [-0.25, -0.2) is 9.50 Å². The molecule has 4 aromatic rings. The highest BCUT2D eigenvalue weighted by molar-refractivity contribution is 7.19. The number of nitrogens with one attached hydrogen (secondary N) is 1. The molecule has 1 saturated carbocycles. The van der Waals surface area contributed by atoms with E-state index in [-0.39, 0.29) is 0 Å². The molecule has 0 atom stereocenters. The lowest BCUT2D eigenvalue weighted by Crippen LogP contribution is -2.12. The zero-order valence-corrected chi connectivity index (χ0v) is 19.1. The van der Waals surface area contributed by atoms with Crippen molar-refractivity contribution < 1.29 is 4.79 Å². The molecule has 0 spiro atoms. The number of hydrogen-bond acceptors (Lipinski definition) is 4. The van der Waals surface area contributed by atoms with Gasteiger partial charge in [0.25, 0.3) is 0 Å². The maximum atomic E-state index is 11.7. The van der Waals surface area contributed by atoms with Crippen LogP contribution < -0.4 is 0 Å². The maximum absolute atomic E-state index is 11.7. The largest absolute Gasteiger partial charge is 0.346 e. The second kappa shape index (κ2) is 7.05. The Morgan fingerprint density at radius 1 is 1.13 bits per heavy atom. The first-order chi connectivity index (χ1) is 14.4. The minimum atomic E-state index is 0.397. The van der Waals surface area contributed by atoms with Crippen molar-refractivity contribution >= 4 is 33.0 Å². The number of hydrogen-bond donors (Lipinski definition) is 1. The van der Waals surface area contributed by atoms with Crippen molar-refractivity contribution in [1.29, 1.82) is 0 Å². The van der Waals surface area contributed by atoms with Gasteiger partial charge in [0.1, 0.15) is 16.9 Å². The van der Waals surface area contributed by atoms with Gasteiger partial charge in [0.15, 0.2) is 5.65 Å². The van der Waals surface area contributed by atoms with Crippen LogP contribution in [0.4, 0.5) is 0 Å². The first-order valence-electron chi connectivity index (χ1n) is 10.8. The van der Waals surface area contributed by atoms with Gasteiger partial charge in [0, 0.05) is 34.9 Å². The van der Waals surface area contributed by atoms with Gasteiger partial charge in [0.05, 0.1) is 5.69 Å². The van der Waals surface area contributed by atoms with Crippen LogP contribution in [0, 0.1) is 20.8 Å². The highest BCUT2D eigenvalue weighted by Gasteiger charge is 2.28. The minimum Gasteiger partial charge on any atom is -0.346 e. The molecule has 0 saturated heterocycles. The number of aromatic amines is 1. The van der Waals surface area contributed by atoms with Crippen molar-refractivity contribution in [3.05, 3.63) is 39.7 Å². The Morgan fingerprint density at radius 3 is 2.57 bits per heavy atom. The summed E-state index contributed by atoms with van der Waals surface area (Å²) in [5, 5.41) is 5.77. The average molecular weight is 421 g/mol. The van der Waals surface area contributed by atoms with Gasteiger partial charge in [-0.3, -0.25) is 4.79 Å². The summed E-state index contributed by atoms with van der Waals surface area (Å²) in [5.74, 6) is 1.34. The van der Waals surface area contributed by atoms with E-state index in [4.69, 9.17) is 0 Å². The van der Waals surface area contributed by atoms with E-state index in [1.165, 1.54) is 48.6 Å². The van der Waals surface area contributed by atoms with Gasteiger partial charge in [0.2, 0.25) is 0 Å². The maximum Gasteiger partial charge on any atom is 0.158 e. The van der Waals surface area contributed by atoms with E-state index in [1.807, 2.05) is 15.9 Å². The number of fused-ring (bicyclic) bond motifs is 2. The number of thiophene rings is 1. The smallest absolute Gasteiger partial charge is 0.158 e. The third-order valence-corrected chi connectivity index (χ3v) is 8.22. The van der Waals surface area contributed by atoms with E-state index in [1.54, 1.807) is 6.33 Å². The van der Waals surface area contributed by atoms with E-state index in [0.29, 0.717) is 17.6 Å². The first-order valence-corrected chi connectivity index (χ1v) is 11.6. The molecular weight excluding hydrogens is 392 g/mol. The zero-order valence-electron chi connectivity index (χ0n) is 18.3. The number of Topliss-reactive ketones (excluding diaryl/α,β-unsaturated/α-hetero) is 1. The highest BCUT2D eigenvalue weighted by atomic mass is 32.1. The summed E-state index contributed by atoms with van der Waals surface area (Å²) >= 11 is 1.89. The van der Waals surface area contributed by atoms with Crippen LogP contribution in [-0.2, 0) is 4.79 Å². The van der Waals surface area contributed by atoms with Crippen LogP contribution in [-0.4, -0.2) is 25.4 Å². The summed E-state index contributed by atoms with van der Waals surface area (Å²) in [7, 11) is 0. The number of aryl methyl sites for hydroxylation is 2. The number of rotatable bonds is 3. The predicted octanol–water partition coefficient (Wildman–Crippen LogP) is 6.21. The summed E-state index contributed by atoms with van der Waals surface area (Å²) in [4.78, 5) is 22.6. The third kappa shape index (κ3) is 2.84. The fourth-order valence-electron chi connectivity index (χ4n) is 5.08. The molecule has 30 heavy (non-hydrogen) atoms. The lowest BCUT2D eigenvalue weighted by Gasteiger charge is -2.21. The van der Waals surface area contributed by atoms with Gasteiger partial charge in [-0.2, -0.15) is 5.10 Å². The van der Waals surface area contributed by atoms with Crippen LogP contribution in [0.3, 0.4) is 0 Å². The van der Waals surface area contributed by atoms with Crippen LogP contribution in [0.2, 0.25) is 0 Å². The summed E-state index contributed by atoms with van der Waals surface area (Å²) < 4.78 is 1.88. The third-order valence-electron chi connectivity index (χ3n) is 6.85. The molecule has 0 amide bonds. The molecule has 0 aromatic carbocycles. The van der Waals surface area contributed by atoms with E-state index < -0.39 is 0 Å². The fourth-order valence-corrected chi connectivity index (χ4v) is 6.48. The number of carbonyl (C=O) groups excluding carboxylic acids is 1. The Hall–Kier alpha value is -2.47. The van der Waals surface area contributed by atoms with Crippen LogP contribution in [0.25, 0.3) is 27.1 Å². The molecule has 4 heterocycles. The normalized spacial score (nSPS) is 15.9. The van der Waals surface area contributed by atoms with Crippen molar-refractivity contribution in [2.75, 3.05) is 0 Å². The topological polar surface area (TPSA) is 63.0 Å². The SMILES string of the molecule is Cc1c(-c2[nH]c3sc(C4CCC(=O)CC4)c(C)c3c2C(C)C)cn2ncnc2c1C. The number of ketones is 1. The monoisotopic (exact) mass is 420 g/mol. The van der Waals surface area contributed by atoms with Crippen LogP contribution in [0.15, 0.2) is 12.5 Å². The van der Waals surface area contributed by atoms with Gasteiger partial charge in [-0.05, 0) is 67.7 Å². The molecule has 1 fully saturated rings. The Bertz CT molecular complexity index is 1280. The number of nitrogens with zero attached hydrogens (tertiary/aromatic N) is 3. The van der Waals surface area contributed by atoms with Gasteiger partial charge < -0.3 is 4.98 Å².